The van der Waals surface area contributed by atoms with Gasteiger partial charge in [0.25, 0.3) is 0 Å². The van der Waals surface area contributed by atoms with Crippen LogP contribution in [-0.2, 0) is 0 Å². The molecule has 336 valence electrons. The van der Waals surface area contributed by atoms with Crippen molar-refractivity contribution in [1.82, 2.24) is 4.57 Å². The number of aromatic nitrogens is 1. The first-order valence-electron chi connectivity index (χ1n) is 25.2. The summed E-state index contributed by atoms with van der Waals surface area (Å²) in [6, 6.07) is 66.6. The molecule has 2 unspecified atom stereocenters. The first-order chi connectivity index (χ1) is 34.7. The molecule has 0 spiro atoms. The molecule has 0 saturated heterocycles. The molecule has 3 aliphatic carbocycles. The second-order valence-corrected chi connectivity index (χ2v) is 19.3. The highest BCUT2D eigenvalue weighted by Crippen LogP contribution is 2.49. The Bertz CT molecular complexity index is 3700. The molecule has 70 heavy (non-hydrogen) atoms. The monoisotopic (exact) mass is 898 g/mol. The number of allylic oxidation sites excluding steroid dienone is 12. The summed E-state index contributed by atoms with van der Waals surface area (Å²) < 4.78 is 2.55. The normalized spacial score (nSPS) is 17.7. The van der Waals surface area contributed by atoms with Crippen molar-refractivity contribution in [3.8, 4) is 39.1 Å². The number of hydrogen-bond acceptors (Lipinski definition) is 1. The van der Waals surface area contributed by atoms with Gasteiger partial charge in [-0.05, 0) is 163 Å². The van der Waals surface area contributed by atoms with E-state index in [4.69, 9.17) is 0 Å². The van der Waals surface area contributed by atoms with Gasteiger partial charge in [0, 0.05) is 28.7 Å². The Morgan fingerprint density at radius 2 is 1.17 bits per heavy atom. The van der Waals surface area contributed by atoms with Gasteiger partial charge in [-0.1, -0.05) is 200 Å². The maximum atomic E-state index is 2.64. The minimum absolute atomic E-state index is 0.194. The van der Waals surface area contributed by atoms with Gasteiger partial charge in [0.05, 0.1) is 11.7 Å². The molecule has 0 radical (unpaired) electrons. The lowest BCUT2D eigenvalue weighted by atomic mass is 9.85. The van der Waals surface area contributed by atoms with E-state index in [1.807, 2.05) is 0 Å². The molecule has 2 nitrogen and oxygen atoms in total. The molecule has 0 N–H and O–H groups in total. The number of nitrogens with zero attached hydrogens (tertiary/aromatic N) is 2. The van der Waals surface area contributed by atoms with Gasteiger partial charge in [0.1, 0.15) is 0 Å². The van der Waals surface area contributed by atoms with E-state index in [0.29, 0.717) is 0 Å². The van der Waals surface area contributed by atoms with Crippen molar-refractivity contribution < 1.29 is 0 Å². The minimum atomic E-state index is 0.194. The molecule has 13 rings (SSSR count). The zero-order valence-electron chi connectivity index (χ0n) is 39.4. The Morgan fingerprint density at radius 3 is 1.91 bits per heavy atom. The smallest absolute Gasteiger partial charge is 0.0626 e. The van der Waals surface area contributed by atoms with Crippen LogP contribution in [0.4, 0.5) is 5.69 Å². The molecule has 8 aromatic carbocycles. The Balaban J connectivity index is 1.07. The Morgan fingerprint density at radius 1 is 0.457 bits per heavy atom. The summed E-state index contributed by atoms with van der Waals surface area (Å²) in [7, 11) is 0. The standard InChI is InChI=1S/C68H54N2/c1-6-19-49(20-7-1)63-40-41-64(50-21-8-2-9-22-50)69(63)57-37-39-60-61(45-57)67(53-27-14-5-15-28-53)59-38-36-58(70-65(51-23-10-3-11-24-51)42-43-66(70)52-25-12-4-13-26-52)46-62(59)68(60)54-33-30-48(31-34-54)56-35-32-47-18-16-17-29-55(47)44-56/h1-3,5-8,10-12,14-21,23,25-39,41-46,51,63H,4,9,13,22,24,40H2. The summed E-state index contributed by atoms with van der Waals surface area (Å²) in [5.74, 6) is 0.282. The first kappa shape index (κ1) is 41.9. The highest BCUT2D eigenvalue weighted by Gasteiger charge is 2.32. The van der Waals surface area contributed by atoms with Crippen molar-refractivity contribution in [2.75, 3.05) is 4.90 Å². The predicted octanol–water partition coefficient (Wildman–Crippen LogP) is 18.4. The third kappa shape index (κ3) is 7.52. The van der Waals surface area contributed by atoms with Gasteiger partial charge in [0.2, 0.25) is 0 Å². The fourth-order valence-corrected chi connectivity index (χ4v) is 11.8. The molecule has 0 bridgehead atoms. The maximum absolute atomic E-state index is 2.64. The first-order valence-corrected chi connectivity index (χ1v) is 25.2. The highest BCUT2D eigenvalue weighted by molar-refractivity contribution is 6.22. The molecule has 2 heteroatoms. The van der Waals surface area contributed by atoms with Gasteiger partial charge in [-0.15, -0.1) is 0 Å². The van der Waals surface area contributed by atoms with Crippen LogP contribution in [0.1, 0.15) is 67.4 Å². The van der Waals surface area contributed by atoms with Gasteiger partial charge in [0.15, 0.2) is 0 Å². The lowest BCUT2D eigenvalue weighted by Gasteiger charge is -2.32. The van der Waals surface area contributed by atoms with E-state index in [9.17, 15) is 0 Å². The second kappa shape index (κ2) is 18.0. The lowest BCUT2D eigenvalue weighted by molar-refractivity contribution is 0.729. The third-order valence-electron chi connectivity index (χ3n) is 15.1. The second-order valence-electron chi connectivity index (χ2n) is 19.3. The van der Waals surface area contributed by atoms with E-state index in [-0.39, 0.29) is 12.0 Å². The molecule has 0 amide bonds. The average molecular weight is 899 g/mol. The molecule has 4 aliphatic rings. The number of benzene rings is 8. The predicted molar refractivity (Wildman–Crippen MR) is 297 cm³/mol. The average Bonchev–Trinajstić information content (AvgIpc) is 4.10. The van der Waals surface area contributed by atoms with Gasteiger partial charge in [-0.2, -0.15) is 0 Å². The van der Waals surface area contributed by atoms with E-state index >= 15 is 0 Å². The van der Waals surface area contributed by atoms with Crippen LogP contribution in [0.15, 0.2) is 254 Å². The van der Waals surface area contributed by atoms with E-state index in [1.165, 1.54) is 111 Å². The summed E-state index contributed by atoms with van der Waals surface area (Å²) in [6.07, 6.45) is 31.7. The SMILES string of the molecule is C1=CCCC(C2=CCC(c3ccccc3)N2c2ccc3c(-c4ccc(-c5ccc6ccccc6c5)cc4)c4cc(-n5c(C6=CCCC=C6)ccc5C5C=CC=CC5)ccc4c(-c4ccccc4)c3c2)=C1. The molecular weight excluding hydrogens is 845 g/mol. The van der Waals surface area contributed by atoms with E-state index < -0.39 is 0 Å². The molecule has 0 fully saturated rings. The van der Waals surface area contributed by atoms with Gasteiger partial charge >= 0.3 is 0 Å². The molecule has 1 aromatic heterocycles. The molecule has 1 aliphatic heterocycles. The van der Waals surface area contributed by atoms with Crippen molar-refractivity contribution in [1.29, 1.82) is 0 Å². The molecule has 2 heterocycles. The zero-order valence-corrected chi connectivity index (χ0v) is 39.4. The molecule has 9 aromatic rings. The van der Waals surface area contributed by atoms with Crippen LogP contribution in [0.25, 0.3) is 77.0 Å². The summed E-state index contributed by atoms with van der Waals surface area (Å²) in [5.41, 5.74) is 17.7. The number of fused-ring (bicyclic) bond motifs is 3. The Hall–Kier alpha value is -8.20. The summed E-state index contributed by atoms with van der Waals surface area (Å²) in [5, 5.41) is 7.51. The Labute approximate surface area is 411 Å². The molecular formula is C68H54N2. The van der Waals surface area contributed by atoms with Crippen LogP contribution in [0.3, 0.4) is 0 Å². The third-order valence-corrected chi connectivity index (χ3v) is 15.1. The topological polar surface area (TPSA) is 8.17 Å². The minimum Gasteiger partial charge on any atom is -0.334 e. The van der Waals surface area contributed by atoms with Gasteiger partial charge < -0.3 is 9.47 Å². The van der Waals surface area contributed by atoms with E-state index in [1.54, 1.807) is 0 Å². The largest absolute Gasteiger partial charge is 0.334 e. The fraction of sp³-hybridized carbons (Fsp3) is 0.118. The van der Waals surface area contributed by atoms with Crippen molar-refractivity contribution in [3.63, 3.8) is 0 Å². The Kier molecular flexibility index (Phi) is 10.8. The van der Waals surface area contributed by atoms with E-state index in [2.05, 4.69) is 252 Å². The number of rotatable bonds is 9. The van der Waals surface area contributed by atoms with Crippen LogP contribution < -0.4 is 4.90 Å². The van der Waals surface area contributed by atoms with Gasteiger partial charge in [-0.3, -0.25) is 0 Å². The summed E-state index contributed by atoms with van der Waals surface area (Å²) in [4.78, 5) is 2.64. The quantitative estimate of drug-likeness (QED) is 0.131. The highest BCUT2D eigenvalue weighted by atomic mass is 15.2. The summed E-state index contributed by atoms with van der Waals surface area (Å²) in [6.45, 7) is 0. The van der Waals surface area contributed by atoms with Crippen molar-refractivity contribution in [3.05, 3.63) is 271 Å². The van der Waals surface area contributed by atoms with Crippen LogP contribution in [0.5, 0.6) is 0 Å². The van der Waals surface area contributed by atoms with Crippen molar-refractivity contribution in [2.24, 2.45) is 0 Å². The number of anilines is 1. The van der Waals surface area contributed by atoms with Crippen LogP contribution >= 0.6 is 0 Å². The molecule has 0 saturated carbocycles. The van der Waals surface area contributed by atoms with Crippen LogP contribution in [0.2, 0.25) is 0 Å². The molecule has 2 atom stereocenters. The zero-order chi connectivity index (χ0) is 46.4. The van der Waals surface area contributed by atoms with Crippen molar-refractivity contribution >= 4 is 43.6 Å². The van der Waals surface area contributed by atoms with Crippen molar-refractivity contribution in [2.45, 2.75) is 50.5 Å². The summed E-state index contributed by atoms with van der Waals surface area (Å²) >= 11 is 0. The van der Waals surface area contributed by atoms with Crippen LogP contribution in [0, 0.1) is 0 Å². The van der Waals surface area contributed by atoms with Gasteiger partial charge in [-0.25, -0.2) is 0 Å². The fourth-order valence-electron chi connectivity index (χ4n) is 11.8. The maximum Gasteiger partial charge on any atom is 0.0626 e. The number of hydrogen-bond donors (Lipinski definition) is 0. The lowest BCUT2D eigenvalue weighted by Crippen LogP contribution is -2.24. The van der Waals surface area contributed by atoms with Crippen LogP contribution in [-0.4, -0.2) is 4.57 Å². The van der Waals surface area contributed by atoms with E-state index in [0.717, 1.165) is 38.5 Å².